The first kappa shape index (κ1) is 20.5. The van der Waals surface area contributed by atoms with E-state index in [0.717, 1.165) is 17.5 Å². The summed E-state index contributed by atoms with van der Waals surface area (Å²) in [6.07, 6.45) is 3.74. The Morgan fingerprint density at radius 1 is 1.00 bits per heavy atom. The van der Waals surface area contributed by atoms with E-state index in [0.29, 0.717) is 46.6 Å². The van der Waals surface area contributed by atoms with Crippen molar-refractivity contribution in [3.05, 3.63) is 82.9 Å². The third-order valence-electron chi connectivity index (χ3n) is 4.66. The fourth-order valence-electron chi connectivity index (χ4n) is 3.11. The highest BCUT2D eigenvalue weighted by Crippen LogP contribution is 2.38. The van der Waals surface area contributed by atoms with Crippen molar-refractivity contribution < 1.29 is 19.0 Å². The fraction of sp³-hybridized carbons (Fsp3) is 0.120. The molecule has 0 spiro atoms. The first-order valence-electron chi connectivity index (χ1n) is 9.72. The van der Waals surface area contributed by atoms with Crippen LogP contribution in [0.2, 0.25) is 5.02 Å². The van der Waals surface area contributed by atoms with Gasteiger partial charge in [-0.15, -0.1) is 0 Å². The van der Waals surface area contributed by atoms with Gasteiger partial charge in [0.25, 0.3) is 0 Å². The third kappa shape index (κ3) is 5.06. The first-order valence-corrected chi connectivity index (χ1v) is 10.1. The summed E-state index contributed by atoms with van der Waals surface area (Å²) in [7, 11) is 0. The van der Waals surface area contributed by atoms with Crippen molar-refractivity contribution in [3.63, 3.8) is 0 Å². The minimum atomic E-state index is -0.505. The van der Waals surface area contributed by atoms with Gasteiger partial charge in [0.05, 0.1) is 29.9 Å². The molecule has 154 valence electrons. The molecule has 3 aromatic carbocycles. The normalized spacial score (nSPS) is 12.8. The zero-order chi connectivity index (χ0) is 21.6. The molecule has 1 heterocycles. The van der Waals surface area contributed by atoms with Crippen LogP contribution >= 0.6 is 11.6 Å². The molecule has 1 aliphatic heterocycles. The summed E-state index contributed by atoms with van der Waals surface area (Å²) in [6, 6.07) is 20.0. The van der Waals surface area contributed by atoms with Gasteiger partial charge in [-0.3, -0.25) is 0 Å². The molecule has 0 saturated heterocycles. The predicted molar refractivity (Wildman–Crippen MR) is 118 cm³/mol. The number of hydrogen-bond acceptors (Lipinski definition) is 5. The molecular weight excluding hydrogens is 414 g/mol. The lowest BCUT2D eigenvalue weighted by Crippen LogP contribution is -2.03. The summed E-state index contributed by atoms with van der Waals surface area (Å²) < 4.78 is 16.6. The molecule has 3 aromatic rings. The van der Waals surface area contributed by atoms with E-state index in [2.05, 4.69) is 6.07 Å². The number of halogens is 1. The summed E-state index contributed by atoms with van der Waals surface area (Å²) in [5.41, 5.74) is 3.25. The minimum absolute atomic E-state index is 0.434. The van der Waals surface area contributed by atoms with Gasteiger partial charge in [-0.05, 0) is 59.2 Å². The second kappa shape index (κ2) is 9.38. The predicted octanol–water partition coefficient (Wildman–Crippen LogP) is 5.66. The Hall–Kier alpha value is -3.75. The van der Waals surface area contributed by atoms with Gasteiger partial charge < -0.3 is 14.2 Å². The van der Waals surface area contributed by atoms with E-state index in [1.54, 1.807) is 42.5 Å². The molecule has 0 aliphatic carbocycles. The topological polar surface area (TPSA) is 68.5 Å². The van der Waals surface area contributed by atoms with Crippen LogP contribution in [0.4, 0.5) is 0 Å². The summed E-state index contributed by atoms with van der Waals surface area (Å²) in [5.74, 6) is 1.02. The van der Waals surface area contributed by atoms with Gasteiger partial charge >= 0.3 is 5.97 Å². The standard InChI is InChI=1S/C25H18ClNO4/c26-22-14-18(15-23-25(22)30-13-1-12-29-23)4-11-24(28)31-21-9-7-20(8-10-21)19-5-2-17(16-27)3-6-19/h2-11,14-15H,1,12-13H2/b11-4+. The van der Waals surface area contributed by atoms with Crippen molar-refractivity contribution in [2.45, 2.75) is 6.42 Å². The molecule has 0 N–H and O–H groups in total. The zero-order valence-electron chi connectivity index (χ0n) is 16.5. The molecule has 0 fully saturated rings. The van der Waals surface area contributed by atoms with Crippen LogP contribution in [0.5, 0.6) is 17.2 Å². The third-order valence-corrected chi connectivity index (χ3v) is 4.94. The number of fused-ring (bicyclic) bond motifs is 1. The molecule has 0 radical (unpaired) electrons. The lowest BCUT2D eigenvalue weighted by Gasteiger charge is -2.10. The van der Waals surface area contributed by atoms with Gasteiger partial charge in [-0.25, -0.2) is 4.79 Å². The van der Waals surface area contributed by atoms with Gasteiger partial charge in [0, 0.05) is 12.5 Å². The Kier molecular flexibility index (Phi) is 6.21. The van der Waals surface area contributed by atoms with Gasteiger partial charge in [-0.2, -0.15) is 5.26 Å². The highest BCUT2D eigenvalue weighted by atomic mass is 35.5. The van der Waals surface area contributed by atoms with Crippen LogP contribution in [-0.2, 0) is 4.79 Å². The van der Waals surface area contributed by atoms with E-state index in [1.807, 2.05) is 24.3 Å². The number of ether oxygens (including phenoxy) is 3. The van der Waals surface area contributed by atoms with Crippen molar-refractivity contribution in [2.24, 2.45) is 0 Å². The fourth-order valence-corrected chi connectivity index (χ4v) is 3.39. The molecule has 0 aromatic heterocycles. The van der Waals surface area contributed by atoms with Crippen molar-refractivity contribution in [1.82, 2.24) is 0 Å². The maximum Gasteiger partial charge on any atom is 0.336 e. The minimum Gasteiger partial charge on any atom is -0.489 e. The number of benzene rings is 3. The Morgan fingerprint density at radius 3 is 2.39 bits per heavy atom. The van der Waals surface area contributed by atoms with Crippen LogP contribution in [-0.4, -0.2) is 19.2 Å². The van der Waals surface area contributed by atoms with Crippen molar-refractivity contribution in [2.75, 3.05) is 13.2 Å². The van der Waals surface area contributed by atoms with Crippen LogP contribution in [0.3, 0.4) is 0 Å². The number of carbonyl (C=O) groups excluding carboxylic acids is 1. The zero-order valence-corrected chi connectivity index (χ0v) is 17.3. The van der Waals surface area contributed by atoms with E-state index in [9.17, 15) is 4.79 Å². The molecule has 0 bridgehead atoms. The Balaban J connectivity index is 1.41. The number of nitrogens with zero attached hydrogens (tertiary/aromatic N) is 1. The number of rotatable bonds is 4. The highest BCUT2D eigenvalue weighted by molar-refractivity contribution is 6.32. The molecule has 0 amide bonds. The lowest BCUT2D eigenvalue weighted by atomic mass is 10.0. The van der Waals surface area contributed by atoms with Gasteiger partial charge in [0.2, 0.25) is 0 Å². The van der Waals surface area contributed by atoms with Crippen LogP contribution in [0.15, 0.2) is 66.7 Å². The second-order valence-electron chi connectivity index (χ2n) is 6.85. The van der Waals surface area contributed by atoms with Crippen LogP contribution in [0, 0.1) is 11.3 Å². The summed E-state index contributed by atoms with van der Waals surface area (Å²) in [4.78, 5) is 12.2. The van der Waals surface area contributed by atoms with E-state index < -0.39 is 5.97 Å². The van der Waals surface area contributed by atoms with Crippen LogP contribution in [0.1, 0.15) is 17.5 Å². The van der Waals surface area contributed by atoms with Crippen molar-refractivity contribution in [3.8, 4) is 34.4 Å². The van der Waals surface area contributed by atoms with Crippen molar-refractivity contribution in [1.29, 1.82) is 5.26 Å². The Morgan fingerprint density at radius 2 is 1.68 bits per heavy atom. The van der Waals surface area contributed by atoms with E-state index in [-0.39, 0.29) is 0 Å². The molecule has 5 nitrogen and oxygen atoms in total. The smallest absolute Gasteiger partial charge is 0.336 e. The molecule has 0 unspecified atom stereocenters. The van der Waals surface area contributed by atoms with E-state index in [1.165, 1.54) is 6.08 Å². The molecule has 1 aliphatic rings. The number of hydrogen-bond donors (Lipinski definition) is 0. The average Bonchev–Trinajstić information content (AvgIpc) is 3.04. The molecule has 6 heteroatoms. The second-order valence-corrected chi connectivity index (χ2v) is 7.26. The number of carbonyl (C=O) groups is 1. The maximum absolute atomic E-state index is 12.2. The van der Waals surface area contributed by atoms with E-state index in [4.69, 9.17) is 31.1 Å². The Bertz CT molecular complexity index is 1160. The monoisotopic (exact) mass is 431 g/mol. The largest absolute Gasteiger partial charge is 0.489 e. The Labute approximate surface area is 185 Å². The number of esters is 1. The molecule has 0 atom stereocenters. The summed E-state index contributed by atoms with van der Waals surface area (Å²) in [6.45, 7) is 1.11. The molecular formula is C25H18ClNO4. The molecule has 31 heavy (non-hydrogen) atoms. The van der Waals surface area contributed by atoms with Gasteiger partial charge in [0.15, 0.2) is 11.5 Å². The van der Waals surface area contributed by atoms with Crippen LogP contribution in [0.25, 0.3) is 17.2 Å². The summed E-state index contributed by atoms with van der Waals surface area (Å²) >= 11 is 6.28. The highest BCUT2D eigenvalue weighted by Gasteiger charge is 2.15. The lowest BCUT2D eigenvalue weighted by molar-refractivity contribution is -0.128. The SMILES string of the molecule is N#Cc1ccc(-c2ccc(OC(=O)/C=C/c3cc(Cl)c4c(c3)OCCCO4)cc2)cc1. The average molecular weight is 432 g/mol. The molecule has 4 rings (SSSR count). The molecule has 0 saturated carbocycles. The van der Waals surface area contributed by atoms with Gasteiger partial charge in [-0.1, -0.05) is 35.9 Å². The number of nitriles is 1. The van der Waals surface area contributed by atoms with Crippen LogP contribution < -0.4 is 14.2 Å². The van der Waals surface area contributed by atoms with Crippen molar-refractivity contribution >= 4 is 23.6 Å². The maximum atomic E-state index is 12.2. The summed E-state index contributed by atoms with van der Waals surface area (Å²) in [5, 5.41) is 9.33. The van der Waals surface area contributed by atoms with E-state index >= 15 is 0 Å². The first-order chi connectivity index (χ1) is 15.1. The quantitative estimate of drug-likeness (QED) is 0.303. The van der Waals surface area contributed by atoms with Gasteiger partial charge in [0.1, 0.15) is 5.75 Å².